The van der Waals surface area contributed by atoms with Crippen molar-refractivity contribution >= 4 is 0 Å². The molecular weight excluding hydrogens is 300 g/mol. The van der Waals surface area contributed by atoms with Crippen LogP contribution >= 0.6 is 0 Å². The summed E-state index contributed by atoms with van der Waals surface area (Å²) in [6.45, 7) is 8.66. The molecule has 0 fully saturated rings. The Labute approximate surface area is 142 Å². The van der Waals surface area contributed by atoms with Gasteiger partial charge in [-0.2, -0.15) is 0 Å². The molecule has 0 amide bonds. The summed E-state index contributed by atoms with van der Waals surface area (Å²) in [6, 6.07) is 14.3. The topological polar surface area (TPSA) is 48.2 Å². The first-order valence-corrected chi connectivity index (χ1v) is 8.15. The minimum absolute atomic E-state index is 0.266. The van der Waals surface area contributed by atoms with Crippen LogP contribution in [-0.2, 0) is 6.61 Å². The number of ether oxygens (including phenoxy) is 1. The highest BCUT2D eigenvalue weighted by Crippen LogP contribution is 2.28. The predicted molar refractivity (Wildman–Crippen MR) is 94.1 cm³/mol. The fourth-order valence-electron chi connectivity index (χ4n) is 2.59. The molecule has 0 spiro atoms. The van der Waals surface area contributed by atoms with E-state index in [1.165, 1.54) is 11.1 Å². The SMILES string of the molecule is Cc1cccc(-c2nnc(COc3cc(C)ccc3C(C)C)o2)c1. The van der Waals surface area contributed by atoms with E-state index in [-0.39, 0.29) is 6.61 Å². The average Bonchev–Trinajstić information content (AvgIpc) is 3.01. The van der Waals surface area contributed by atoms with Crippen molar-refractivity contribution in [2.24, 2.45) is 0 Å². The molecule has 0 bridgehead atoms. The Balaban J connectivity index is 1.76. The quantitative estimate of drug-likeness (QED) is 0.659. The summed E-state index contributed by atoms with van der Waals surface area (Å²) in [4.78, 5) is 0. The Kier molecular flexibility index (Phi) is 4.65. The van der Waals surface area contributed by atoms with Crippen molar-refractivity contribution in [1.82, 2.24) is 10.2 Å². The molecule has 0 aliphatic rings. The van der Waals surface area contributed by atoms with Crippen LogP contribution in [0.3, 0.4) is 0 Å². The van der Waals surface area contributed by atoms with Crippen LogP contribution in [0, 0.1) is 13.8 Å². The molecule has 3 aromatic rings. The maximum atomic E-state index is 5.94. The van der Waals surface area contributed by atoms with E-state index in [0.717, 1.165) is 16.9 Å². The van der Waals surface area contributed by atoms with Gasteiger partial charge in [-0.3, -0.25) is 0 Å². The molecule has 24 heavy (non-hydrogen) atoms. The van der Waals surface area contributed by atoms with Crippen molar-refractivity contribution in [2.75, 3.05) is 0 Å². The molecule has 0 saturated heterocycles. The first kappa shape index (κ1) is 16.2. The van der Waals surface area contributed by atoms with Crippen molar-refractivity contribution < 1.29 is 9.15 Å². The third-order valence-electron chi connectivity index (χ3n) is 3.87. The molecular formula is C20H22N2O2. The fourth-order valence-corrected chi connectivity index (χ4v) is 2.59. The van der Waals surface area contributed by atoms with E-state index in [1.54, 1.807) is 0 Å². The summed E-state index contributed by atoms with van der Waals surface area (Å²) >= 11 is 0. The second kappa shape index (κ2) is 6.87. The molecule has 1 heterocycles. The summed E-state index contributed by atoms with van der Waals surface area (Å²) in [7, 11) is 0. The van der Waals surface area contributed by atoms with E-state index >= 15 is 0 Å². The summed E-state index contributed by atoms with van der Waals surface area (Å²) in [5, 5.41) is 8.21. The molecule has 1 aromatic heterocycles. The van der Waals surface area contributed by atoms with Gasteiger partial charge in [-0.1, -0.05) is 43.7 Å². The largest absolute Gasteiger partial charge is 0.484 e. The lowest BCUT2D eigenvalue weighted by molar-refractivity contribution is 0.261. The van der Waals surface area contributed by atoms with Crippen LogP contribution < -0.4 is 4.74 Å². The lowest BCUT2D eigenvalue weighted by atomic mass is 10.0. The van der Waals surface area contributed by atoms with Crippen molar-refractivity contribution in [3.8, 4) is 17.2 Å². The Morgan fingerprint density at radius 2 is 1.79 bits per heavy atom. The number of rotatable bonds is 5. The van der Waals surface area contributed by atoms with Crippen LogP contribution in [0.15, 0.2) is 46.9 Å². The van der Waals surface area contributed by atoms with E-state index in [0.29, 0.717) is 17.7 Å². The van der Waals surface area contributed by atoms with Gasteiger partial charge >= 0.3 is 0 Å². The second-order valence-electron chi connectivity index (χ2n) is 6.36. The maximum absolute atomic E-state index is 5.94. The Hall–Kier alpha value is -2.62. The highest BCUT2D eigenvalue weighted by molar-refractivity contribution is 5.53. The molecule has 0 atom stereocenters. The molecule has 0 saturated carbocycles. The van der Waals surface area contributed by atoms with Crippen molar-refractivity contribution in [3.05, 3.63) is 65.0 Å². The first-order chi connectivity index (χ1) is 11.5. The van der Waals surface area contributed by atoms with Crippen molar-refractivity contribution in [1.29, 1.82) is 0 Å². The zero-order chi connectivity index (χ0) is 17.1. The molecule has 0 N–H and O–H groups in total. The minimum atomic E-state index is 0.266. The number of hydrogen-bond acceptors (Lipinski definition) is 4. The smallest absolute Gasteiger partial charge is 0.254 e. The van der Waals surface area contributed by atoms with Gasteiger partial charge in [0.2, 0.25) is 5.89 Å². The van der Waals surface area contributed by atoms with E-state index in [1.807, 2.05) is 37.3 Å². The normalized spacial score (nSPS) is 11.0. The van der Waals surface area contributed by atoms with Gasteiger partial charge in [0, 0.05) is 5.56 Å². The average molecular weight is 322 g/mol. The summed E-state index contributed by atoms with van der Waals surface area (Å²) < 4.78 is 11.7. The number of aryl methyl sites for hydroxylation is 2. The Morgan fingerprint density at radius 1 is 1.00 bits per heavy atom. The van der Waals surface area contributed by atoms with Gasteiger partial charge in [-0.05, 0) is 49.1 Å². The van der Waals surface area contributed by atoms with Gasteiger partial charge in [0.15, 0.2) is 6.61 Å². The molecule has 0 aliphatic carbocycles. The molecule has 124 valence electrons. The van der Waals surface area contributed by atoms with E-state index in [2.05, 4.69) is 43.1 Å². The van der Waals surface area contributed by atoms with Crippen molar-refractivity contribution in [2.45, 2.75) is 40.2 Å². The fraction of sp³-hybridized carbons (Fsp3) is 0.300. The van der Waals surface area contributed by atoms with Crippen LogP contribution in [0.5, 0.6) is 5.75 Å². The Morgan fingerprint density at radius 3 is 2.54 bits per heavy atom. The Bertz CT molecular complexity index is 837. The number of benzene rings is 2. The van der Waals surface area contributed by atoms with E-state index in [4.69, 9.17) is 9.15 Å². The van der Waals surface area contributed by atoms with Gasteiger partial charge in [-0.15, -0.1) is 10.2 Å². The number of nitrogens with zero attached hydrogens (tertiary/aromatic N) is 2. The van der Waals surface area contributed by atoms with Crippen molar-refractivity contribution in [3.63, 3.8) is 0 Å². The molecule has 0 unspecified atom stereocenters. The third-order valence-corrected chi connectivity index (χ3v) is 3.87. The molecule has 4 nitrogen and oxygen atoms in total. The van der Waals surface area contributed by atoms with Gasteiger partial charge in [0.1, 0.15) is 5.75 Å². The maximum Gasteiger partial charge on any atom is 0.254 e. The second-order valence-corrected chi connectivity index (χ2v) is 6.36. The summed E-state index contributed by atoms with van der Waals surface area (Å²) in [6.07, 6.45) is 0. The van der Waals surface area contributed by atoms with Crippen LogP contribution in [-0.4, -0.2) is 10.2 Å². The molecule has 0 aliphatic heterocycles. The molecule has 2 aromatic carbocycles. The van der Waals surface area contributed by atoms with Crippen LogP contribution in [0.1, 0.15) is 42.3 Å². The first-order valence-electron chi connectivity index (χ1n) is 8.15. The molecule has 4 heteroatoms. The predicted octanol–water partition coefficient (Wildman–Crippen LogP) is 5.06. The van der Waals surface area contributed by atoms with Crippen LogP contribution in [0.4, 0.5) is 0 Å². The zero-order valence-electron chi connectivity index (χ0n) is 14.5. The van der Waals surface area contributed by atoms with Gasteiger partial charge in [0.05, 0.1) is 0 Å². The van der Waals surface area contributed by atoms with Crippen LogP contribution in [0.2, 0.25) is 0 Å². The lowest BCUT2D eigenvalue weighted by Crippen LogP contribution is -2.00. The minimum Gasteiger partial charge on any atom is -0.484 e. The van der Waals surface area contributed by atoms with Crippen LogP contribution in [0.25, 0.3) is 11.5 Å². The third kappa shape index (κ3) is 3.65. The zero-order valence-corrected chi connectivity index (χ0v) is 14.5. The molecule has 0 radical (unpaired) electrons. The highest BCUT2D eigenvalue weighted by atomic mass is 16.5. The van der Waals surface area contributed by atoms with Gasteiger partial charge < -0.3 is 9.15 Å². The summed E-state index contributed by atoms with van der Waals surface area (Å²) in [5.41, 5.74) is 4.43. The highest BCUT2D eigenvalue weighted by Gasteiger charge is 2.12. The number of hydrogen-bond donors (Lipinski definition) is 0. The van der Waals surface area contributed by atoms with Gasteiger partial charge in [-0.25, -0.2) is 0 Å². The molecule has 3 rings (SSSR count). The monoisotopic (exact) mass is 322 g/mol. The van der Waals surface area contributed by atoms with E-state index in [9.17, 15) is 0 Å². The standard InChI is InChI=1S/C20H22N2O2/c1-13(2)17-9-8-15(4)11-18(17)23-12-19-21-22-20(24-19)16-7-5-6-14(3)10-16/h5-11,13H,12H2,1-4H3. The van der Waals surface area contributed by atoms with E-state index < -0.39 is 0 Å². The summed E-state index contributed by atoms with van der Waals surface area (Å²) in [5.74, 6) is 2.26. The van der Waals surface area contributed by atoms with Gasteiger partial charge in [0.25, 0.3) is 5.89 Å². The number of aromatic nitrogens is 2. The lowest BCUT2D eigenvalue weighted by Gasteiger charge is -2.13.